The molecule has 0 unspecified atom stereocenters. The maximum atomic E-state index is 12.8. The van der Waals surface area contributed by atoms with Gasteiger partial charge in [-0.1, -0.05) is 30.3 Å². The molecule has 0 saturated heterocycles. The average Bonchev–Trinajstić information content (AvgIpc) is 3.08. The minimum atomic E-state index is -0.179. The van der Waals surface area contributed by atoms with E-state index >= 15 is 0 Å². The van der Waals surface area contributed by atoms with E-state index in [-0.39, 0.29) is 5.91 Å². The number of likely N-dealkylation sites (N-methyl/N-ethyl adjacent to an activating group) is 1. The summed E-state index contributed by atoms with van der Waals surface area (Å²) >= 11 is 0. The summed E-state index contributed by atoms with van der Waals surface area (Å²) < 4.78 is 0. The first-order chi connectivity index (χ1) is 13.1. The highest BCUT2D eigenvalue weighted by Crippen LogP contribution is 2.23. The Morgan fingerprint density at radius 3 is 2.93 bits per heavy atom. The van der Waals surface area contributed by atoms with E-state index in [0.29, 0.717) is 23.6 Å². The van der Waals surface area contributed by atoms with Crippen LogP contribution in [0.25, 0.3) is 11.3 Å². The number of nitrogens with zero attached hydrogens (tertiary/aromatic N) is 4. The van der Waals surface area contributed by atoms with E-state index in [4.69, 9.17) is 0 Å². The van der Waals surface area contributed by atoms with Gasteiger partial charge in [-0.2, -0.15) is 5.10 Å². The second-order valence-corrected chi connectivity index (χ2v) is 6.87. The molecule has 0 fully saturated rings. The number of aromatic nitrogens is 4. The topological polar surface area (TPSA) is 86.8 Å². The number of H-pyrrole nitrogens is 1. The van der Waals surface area contributed by atoms with Crippen LogP contribution < -0.4 is 5.32 Å². The molecule has 27 heavy (non-hydrogen) atoms. The van der Waals surface area contributed by atoms with E-state index in [0.717, 1.165) is 42.0 Å². The molecule has 3 aromatic rings. The molecule has 7 heteroatoms. The quantitative estimate of drug-likeness (QED) is 0.742. The Hall–Kier alpha value is -3.06. The van der Waals surface area contributed by atoms with E-state index in [1.807, 2.05) is 43.5 Å². The molecule has 7 nitrogen and oxygen atoms in total. The lowest BCUT2D eigenvalue weighted by molar-refractivity contribution is 0.0950. The molecule has 0 saturated carbocycles. The maximum Gasteiger partial charge on any atom is 0.255 e. The summed E-state index contributed by atoms with van der Waals surface area (Å²) in [5.41, 5.74) is 5.09. The van der Waals surface area contributed by atoms with Crippen LogP contribution in [0.4, 0.5) is 0 Å². The highest BCUT2D eigenvalue weighted by Gasteiger charge is 2.20. The molecule has 0 spiro atoms. The van der Waals surface area contributed by atoms with Gasteiger partial charge in [0.1, 0.15) is 11.5 Å². The summed E-state index contributed by atoms with van der Waals surface area (Å²) in [4.78, 5) is 24.1. The van der Waals surface area contributed by atoms with Gasteiger partial charge in [0.2, 0.25) is 0 Å². The van der Waals surface area contributed by atoms with Gasteiger partial charge in [0, 0.05) is 48.2 Å². The number of amides is 1. The molecule has 1 aliphatic heterocycles. The normalized spacial score (nSPS) is 14.0. The zero-order chi connectivity index (χ0) is 18.8. The van der Waals surface area contributed by atoms with Gasteiger partial charge < -0.3 is 10.2 Å². The molecule has 0 bridgehead atoms. The summed E-state index contributed by atoms with van der Waals surface area (Å²) in [6.45, 7) is 4.00. The lowest BCUT2D eigenvalue weighted by atomic mass is 10.1. The molecule has 1 amide bonds. The molecule has 0 radical (unpaired) electrons. The summed E-state index contributed by atoms with van der Waals surface area (Å²) in [5.74, 6) is 0.454. The van der Waals surface area contributed by atoms with E-state index in [2.05, 4.69) is 37.4 Å². The zero-order valence-corrected chi connectivity index (χ0v) is 15.5. The lowest BCUT2D eigenvalue weighted by Crippen LogP contribution is -2.29. The summed E-state index contributed by atoms with van der Waals surface area (Å²) in [6.07, 6.45) is 2.78. The van der Waals surface area contributed by atoms with E-state index < -0.39 is 0 Å². The van der Waals surface area contributed by atoms with Crippen LogP contribution in [0.5, 0.6) is 0 Å². The fourth-order valence-corrected chi connectivity index (χ4v) is 3.34. The number of aromatic amines is 1. The van der Waals surface area contributed by atoms with Gasteiger partial charge in [-0.25, -0.2) is 9.97 Å². The van der Waals surface area contributed by atoms with E-state index in [1.165, 1.54) is 0 Å². The number of carbonyl (C=O) groups excluding carboxylic acids is 1. The highest BCUT2D eigenvalue weighted by atomic mass is 16.1. The Kier molecular flexibility index (Phi) is 4.68. The largest absolute Gasteiger partial charge is 0.345 e. The van der Waals surface area contributed by atoms with Crippen LogP contribution in [0.1, 0.15) is 33.1 Å². The van der Waals surface area contributed by atoms with Crippen LogP contribution in [0.2, 0.25) is 0 Å². The minimum absolute atomic E-state index is 0.179. The van der Waals surface area contributed by atoms with Gasteiger partial charge >= 0.3 is 0 Å². The monoisotopic (exact) mass is 362 g/mol. The number of benzene rings is 1. The Morgan fingerprint density at radius 1 is 1.30 bits per heavy atom. The summed E-state index contributed by atoms with van der Waals surface area (Å²) in [7, 11) is 2.09. The van der Waals surface area contributed by atoms with Gasteiger partial charge in [-0.3, -0.25) is 9.89 Å². The molecule has 2 N–H and O–H groups in total. The molecule has 0 aliphatic carbocycles. The third kappa shape index (κ3) is 3.59. The molecular weight excluding hydrogens is 340 g/mol. The van der Waals surface area contributed by atoms with Crippen molar-refractivity contribution >= 4 is 5.91 Å². The summed E-state index contributed by atoms with van der Waals surface area (Å²) in [5, 5.41) is 10.2. The van der Waals surface area contributed by atoms with E-state index in [1.54, 1.807) is 0 Å². The van der Waals surface area contributed by atoms with Crippen molar-refractivity contribution in [1.82, 2.24) is 30.4 Å². The van der Waals surface area contributed by atoms with Crippen LogP contribution in [-0.4, -0.2) is 44.6 Å². The van der Waals surface area contributed by atoms with Gasteiger partial charge in [0.25, 0.3) is 5.91 Å². The maximum absolute atomic E-state index is 12.8. The Bertz CT molecular complexity index is 966. The zero-order valence-electron chi connectivity index (χ0n) is 15.5. The second-order valence-electron chi connectivity index (χ2n) is 6.87. The van der Waals surface area contributed by atoms with Gasteiger partial charge in [-0.05, 0) is 14.0 Å². The van der Waals surface area contributed by atoms with Gasteiger partial charge in [-0.15, -0.1) is 0 Å². The third-order valence-corrected chi connectivity index (χ3v) is 4.80. The highest BCUT2D eigenvalue weighted by molar-refractivity contribution is 6.00. The van der Waals surface area contributed by atoms with Crippen molar-refractivity contribution in [3.8, 4) is 11.3 Å². The van der Waals surface area contributed by atoms with Crippen LogP contribution in [0, 0.1) is 6.92 Å². The molecule has 1 aromatic carbocycles. The molecule has 1 aliphatic rings. The smallest absolute Gasteiger partial charge is 0.255 e. The van der Waals surface area contributed by atoms with Crippen LogP contribution in [-0.2, 0) is 19.5 Å². The van der Waals surface area contributed by atoms with Crippen molar-refractivity contribution in [3.05, 3.63) is 64.9 Å². The number of rotatable bonds is 4. The van der Waals surface area contributed by atoms with Gasteiger partial charge in [0.15, 0.2) is 0 Å². The van der Waals surface area contributed by atoms with Crippen molar-refractivity contribution in [3.63, 3.8) is 0 Å². The average molecular weight is 362 g/mol. The fourth-order valence-electron chi connectivity index (χ4n) is 3.34. The standard InChI is InChI=1S/C20H22N6O/c1-13-18(19(25-24-13)14-6-4-3-5-7-14)20(27)22-11-17-21-10-15-12-26(2)9-8-16(15)23-17/h3-7,10H,8-9,11-12H2,1-2H3,(H,22,27)(H,24,25). The van der Waals surface area contributed by atoms with Gasteiger partial charge in [0.05, 0.1) is 12.1 Å². The number of nitrogens with one attached hydrogen (secondary N) is 2. The van der Waals surface area contributed by atoms with Crippen LogP contribution >= 0.6 is 0 Å². The molecule has 4 rings (SSSR count). The first-order valence-corrected chi connectivity index (χ1v) is 9.02. The Morgan fingerprint density at radius 2 is 2.11 bits per heavy atom. The number of carbonyl (C=O) groups is 1. The SMILES string of the molecule is Cc1[nH]nc(-c2ccccc2)c1C(=O)NCc1ncc2c(n1)CCN(C)C2. The lowest BCUT2D eigenvalue weighted by Gasteiger charge is -2.23. The Balaban J connectivity index is 1.50. The molecule has 3 heterocycles. The van der Waals surface area contributed by atoms with Crippen molar-refractivity contribution in [1.29, 1.82) is 0 Å². The first-order valence-electron chi connectivity index (χ1n) is 9.02. The molecule has 138 valence electrons. The number of hydrogen-bond donors (Lipinski definition) is 2. The van der Waals surface area contributed by atoms with E-state index in [9.17, 15) is 4.79 Å². The summed E-state index contributed by atoms with van der Waals surface area (Å²) in [6, 6.07) is 9.68. The van der Waals surface area contributed by atoms with Crippen molar-refractivity contribution < 1.29 is 4.79 Å². The molecule has 0 atom stereocenters. The Labute approximate surface area is 157 Å². The minimum Gasteiger partial charge on any atom is -0.345 e. The third-order valence-electron chi connectivity index (χ3n) is 4.80. The predicted octanol–water partition coefficient (Wildman–Crippen LogP) is 2.09. The first kappa shape index (κ1) is 17.4. The number of fused-ring (bicyclic) bond motifs is 1. The van der Waals surface area contributed by atoms with Crippen molar-refractivity contribution in [2.24, 2.45) is 0 Å². The number of aryl methyl sites for hydroxylation is 1. The number of hydrogen-bond acceptors (Lipinski definition) is 5. The van der Waals surface area contributed by atoms with Crippen LogP contribution in [0.15, 0.2) is 36.5 Å². The fraction of sp³-hybridized carbons (Fsp3) is 0.300. The second kappa shape index (κ2) is 7.28. The predicted molar refractivity (Wildman–Crippen MR) is 102 cm³/mol. The molecule has 2 aromatic heterocycles. The molecular formula is C20H22N6O. The van der Waals surface area contributed by atoms with Crippen molar-refractivity contribution in [2.45, 2.75) is 26.4 Å². The van der Waals surface area contributed by atoms with Crippen molar-refractivity contribution in [2.75, 3.05) is 13.6 Å². The van der Waals surface area contributed by atoms with Crippen LogP contribution in [0.3, 0.4) is 0 Å².